The molecule has 8 heteroatoms. The summed E-state index contributed by atoms with van der Waals surface area (Å²) in [6.07, 6.45) is 0. The van der Waals surface area contributed by atoms with Gasteiger partial charge in [0.2, 0.25) is 15.9 Å². The number of hydrogen-bond acceptors (Lipinski definition) is 4. The van der Waals surface area contributed by atoms with Crippen LogP contribution in [0, 0.1) is 0 Å². The fourth-order valence-electron chi connectivity index (χ4n) is 2.96. The van der Waals surface area contributed by atoms with Crippen molar-refractivity contribution in [3.8, 4) is 0 Å². The van der Waals surface area contributed by atoms with Gasteiger partial charge in [-0.15, -0.1) is 0 Å². The van der Waals surface area contributed by atoms with Crippen molar-refractivity contribution in [1.29, 1.82) is 0 Å². The first-order valence-corrected chi connectivity index (χ1v) is 9.52. The average molecular weight is 356 g/mol. The molecular formula is C17H16N4O3S. The monoisotopic (exact) mass is 356 g/mol. The molecule has 128 valence electrons. The van der Waals surface area contributed by atoms with Crippen molar-refractivity contribution in [3.63, 3.8) is 0 Å². The van der Waals surface area contributed by atoms with Gasteiger partial charge in [0.25, 0.3) is 0 Å². The highest BCUT2D eigenvalue weighted by Gasteiger charge is 2.34. The van der Waals surface area contributed by atoms with Gasteiger partial charge in [0, 0.05) is 11.4 Å². The van der Waals surface area contributed by atoms with Crippen LogP contribution in [0.3, 0.4) is 0 Å². The Hall–Kier alpha value is -2.87. The molecule has 1 amide bonds. The minimum absolute atomic E-state index is 0.0196. The molecule has 25 heavy (non-hydrogen) atoms. The van der Waals surface area contributed by atoms with Gasteiger partial charge in [-0.25, -0.2) is 13.4 Å². The number of fused-ring (bicyclic) bond motifs is 2. The molecule has 0 spiro atoms. The van der Waals surface area contributed by atoms with Crippen LogP contribution >= 0.6 is 0 Å². The Kier molecular flexibility index (Phi) is 3.50. The molecule has 1 aliphatic heterocycles. The molecular weight excluding hydrogens is 340 g/mol. The number of aromatic amines is 1. The number of anilines is 2. The summed E-state index contributed by atoms with van der Waals surface area (Å²) in [6, 6.07) is 12.5. The number of sulfonamides is 1. The van der Waals surface area contributed by atoms with Gasteiger partial charge >= 0.3 is 0 Å². The van der Waals surface area contributed by atoms with E-state index < -0.39 is 15.9 Å². The molecule has 4 rings (SSSR count). The highest BCUT2D eigenvalue weighted by Crippen LogP contribution is 2.38. The maximum absolute atomic E-state index is 12.5. The summed E-state index contributed by atoms with van der Waals surface area (Å²) in [5, 5.41) is 2.82. The van der Waals surface area contributed by atoms with E-state index in [2.05, 4.69) is 20.0 Å². The number of nitrogens with one attached hydrogen (secondary N) is 3. The van der Waals surface area contributed by atoms with E-state index in [4.69, 9.17) is 0 Å². The number of para-hydroxylation sites is 2. The highest BCUT2D eigenvalue weighted by atomic mass is 32.2. The van der Waals surface area contributed by atoms with Crippen LogP contribution in [-0.2, 0) is 14.8 Å². The fourth-order valence-corrected chi connectivity index (χ4v) is 3.59. The van der Waals surface area contributed by atoms with Gasteiger partial charge in [0.15, 0.2) is 0 Å². The number of aromatic nitrogens is 2. The molecule has 2 heterocycles. The van der Waals surface area contributed by atoms with Crippen molar-refractivity contribution >= 4 is 38.3 Å². The van der Waals surface area contributed by atoms with Crippen LogP contribution in [0.25, 0.3) is 11.0 Å². The Labute approximate surface area is 144 Å². The molecule has 0 saturated carbocycles. The highest BCUT2D eigenvalue weighted by molar-refractivity contribution is 7.92. The second-order valence-corrected chi connectivity index (χ2v) is 7.88. The van der Waals surface area contributed by atoms with Gasteiger partial charge in [0.1, 0.15) is 11.7 Å². The van der Waals surface area contributed by atoms with Crippen LogP contribution in [0.15, 0.2) is 42.5 Å². The SMILES string of the molecule is CCS(=O)(=O)Nc1ccc2c(c1)C(c1nc3ccccc3[nH]1)C(=O)N2. The molecule has 0 bridgehead atoms. The Morgan fingerprint density at radius 2 is 2.00 bits per heavy atom. The third kappa shape index (κ3) is 2.74. The molecule has 0 radical (unpaired) electrons. The lowest BCUT2D eigenvalue weighted by Gasteiger charge is -2.09. The number of rotatable bonds is 4. The lowest BCUT2D eigenvalue weighted by molar-refractivity contribution is -0.116. The van der Waals surface area contributed by atoms with Crippen molar-refractivity contribution in [2.75, 3.05) is 15.8 Å². The lowest BCUT2D eigenvalue weighted by atomic mass is 9.99. The fraction of sp³-hybridized carbons (Fsp3) is 0.176. The Morgan fingerprint density at radius 1 is 1.20 bits per heavy atom. The van der Waals surface area contributed by atoms with Gasteiger partial charge < -0.3 is 10.3 Å². The van der Waals surface area contributed by atoms with Crippen LogP contribution in [0.1, 0.15) is 24.2 Å². The Bertz CT molecular complexity index is 1060. The molecule has 1 atom stereocenters. The van der Waals surface area contributed by atoms with E-state index in [0.717, 1.165) is 11.0 Å². The number of benzene rings is 2. The minimum Gasteiger partial charge on any atom is -0.341 e. The minimum atomic E-state index is -3.38. The molecule has 1 aromatic heterocycles. The van der Waals surface area contributed by atoms with Gasteiger partial charge in [-0.1, -0.05) is 12.1 Å². The molecule has 0 fully saturated rings. The third-order valence-corrected chi connectivity index (χ3v) is 5.52. The van der Waals surface area contributed by atoms with E-state index in [1.807, 2.05) is 24.3 Å². The molecule has 1 aliphatic rings. The normalized spacial score (nSPS) is 16.7. The number of amides is 1. The summed E-state index contributed by atoms with van der Waals surface area (Å²) in [7, 11) is -3.38. The van der Waals surface area contributed by atoms with Crippen LogP contribution in [-0.4, -0.2) is 30.0 Å². The molecule has 0 aliphatic carbocycles. The second-order valence-electron chi connectivity index (χ2n) is 5.87. The number of H-pyrrole nitrogens is 1. The summed E-state index contributed by atoms with van der Waals surface area (Å²) in [5.41, 5.74) is 3.41. The number of carbonyl (C=O) groups excluding carboxylic acids is 1. The van der Waals surface area contributed by atoms with Crippen LogP contribution in [0.2, 0.25) is 0 Å². The standard InChI is InChI=1S/C17H16N4O3S/c1-2-25(23,24)21-10-7-8-12-11(9-10)15(17(22)20-12)16-18-13-5-3-4-6-14(13)19-16/h3-9,15,21H,2H2,1H3,(H,18,19)(H,20,22). The summed E-state index contributed by atoms with van der Waals surface area (Å²) in [5.74, 6) is -0.278. The van der Waals surface area contributed by atoms with E-state index in [1.165, 1.54) is 0 Å². The maximum Gasteiger partial charge on any atom is 0.239 e. The first kappa shape index (κ1) is 15.6. The first-order valence-electron chi connectivity index (χ1n) is 7.87. The van der Waals surface area contributed by atoms with E-state index in [-0.39, 0.29) is 11.7 Å². The predicted molar refractivity (Wildman–Crippen MR) is 96.1 cm³/mol. The zero-order chi connectivity index (χ0) is 17.6. The summed E-state index contributed by atoms with van der Waals surface area (Å²) in [6.45, 7) is 1.57. The molecule has 7 nitrogen and oxygen atoms in total. The van der Waals surface area contributed by atoms with Crippen LogP contribution in [0.5, 0.6) is 0 Å². The Morgan fingerprint density at radius 3 is 2.76 bits per heavy atom. The largest absolute Gasteiger partial charge is 0.341 e. The predicted octanol–water partition coefficient (Wildman–Crippen LogP) is 2.41. The van der Waals surface area contributed by atoms with Gasteiger partial charge in [0.05, 0.1) is 16.8 Å². The smallest absolute Gasteiger partial charge is 0.239 e. The summed E-state index contributed by atoms with van der Waals surface area (Å²) in [4.78, 5) is 20.1. The number of hydrogen-bond donors (Lipinski definition) is 3. The van der Waals surface area contributed by atoms with Crippen molar-refractivity contribution < 1.29 is 13.2 Å². The van der Waals surface area contributed by atoms with E-state index in [1.54, 1.807) is 25.1 Å². The molecule has 2 aromatic carbocycles. The van der Waals surface area contributed by atoms with Crippen molar-refractivity contribution in [2.45, 2.75) is 12.8 Å². The summed E-state index contributed by atoms with van der Waals surface area (Å²) < 4.78 is 26.1. The second kappa shape index (κ2) is 5.59. The third-order valence-electron chi connectivity index (χ3n) is 4.22. The zero-order valence-corrected chi connectivity index (χ0v) is 14.2. The van der Waals surface area contributed by atoms with Gasteiger partial charge in [-0.2, -0.15) is 0 Å². The average Bonchev–Trinajstić information content (AvgIpc) is 3.13. The van der Waals surface area contributed by atoms with Crippen molar-refractivity contribution in [1.82, 2.24) is 9.97 Å². The van der Waals surface area contributed by atoms with Crippen LogP contribution in [0.4, 0.5) is 11.4 Å². The Balaban J connectivity index is 1.77. The van der Waals surface area contributed by atoms with E-state index in [0.29, 0.717) is 22.8 Å². The summed E-state index contributed by atoms with van der Waals surface area (Å²) >= 11 is 0. The molecule has 3 aromatic rings. The maximum atomic E-state index is 12.5. The topological polar surface area (TPSA) is 104 Å². The molecule has 1 unspecified atom stereocenters. The van der Waals surface area contributed by atoms with E-state index >= 15 is 0 Å². The number of nitrogens with zero attached hydrogens (tertiary/aromatic N) is 1. The number of imidazole rings is 1. The molecule has 0 saturated heterocycles. The van der Waals surface area contributed by atoms with Crippen molar-refractivity contribution in [2.24, 2.45) is 0 Å². The van der Waals surface area contributed by atoms with E-state index in [9.17, 15) is 13.2 Å². The van der Waals surface area contributed by atoms with Gasteiger partial charge in [-0.05, 0) is 42.8 Å². The quantitative estimate of drug-likeness (QED) is 0.668. The zero-order valence-electron chi connectivity index (χ0n) is 13.4. The molecule has 3 N–H and O–H groups in total. The number of carbonyl (C=O) groups is 1. The van der Waals surface area contributed by atoms with Crippen molar-refractivity contribution in [3.05, 3.63) is 53.9 Å². The van der Waals surface area contributed by atoms with Gasteiger partial charge in [-0.3, -0.25) is 9.52 Å². The lowest BCUT2D eigenvalue weighted by Crippen LogP contribution is -2.15. The first-order chi connectivity index (χ1) is 12.0. The van der Waals surface area contributed by atoms with Crippen LogP contribution < -0.4 is 10.0 Å².